The topological polar surface area (TPSA) is 85.2 Å². The third kappa shape index (κ3) is 4.92. The summed E-state index contributed by atoms with van der Waals surface area (Å²) in [6.45, 7) is 2.26. The molecule has 33 heavy (non-hydrogen) atoms. The van der Waals surface area contributed by atoms with Gasteiger partial charge in [-0.05, 0) is 80.2 Å². The highest BCUT2D eigenvalue weighted by molar-refractivity contribution is 5.91. The Kier molecular flexibility index (Phi) is 6.13. The molecule has 176 valence electrons. The van der Waals surface area contributed by atoms with Crippen LogP contribution in [-0.4, -0.2) is 34.2 Å². The van der Waals surface area contributed by atoms with E-state index in [2.05, 4.69) is 22.7 Å². The summed E-state index contributed by atoms with van der Waals surface area (Å²) in [6.07, 6.45) is 12.3. The van der Waals surface area contributed by atoms with E-state index in [1.54, 1.807) is 29.2 Å². The van der Waals surface area contributed by atoms with Crippen molar-refractivity contribution in [3.8, 4) is 5.75 Å². The number of benzene rings is 1. The number of para-hydroxylation sites is 1. The van der Waals surface area contributed by atoms with Gasteiger partial charge in [0.1, 0.15) is 12.3 Å². The van der Waals surface area contributed by atoms with Gasteiger partial charge in [-0.1, -0.05) is 25.1 Å². The van der Waals surface area contributed by atoms with Gasteiger partial charge in [0.15, 0.2) is 6.61 Å². The van der Waals surface area contributed by atoms with Crippen molar-refractivity contribution in [3.63, 3.8) is 0 Å². The number of rotatable bonds is 9. The van der Waals surface area contributed by atoms with Crippen molar-refractivity contribution in [2.45, 2.75) is 64.5 Å². The van der Waals surface area contributed by atoms with Crippen molar-refractivity contribution in [1.82, 2.24) is 15.1 Å². The number of hydrogen-bond acceptors (Lipinski definition) is 4. The average Bonchev–Trinajstić information content (AvgIpc) is 3.22. The van der Waals surface area contributed by atoms with E-state index in [1.807, 2.05) is 18.2 Å². The van der Waals surface area contributed by atoms with E-state index in [0.29, 0.717) is 16.9 Å². The normalized spacial score (nSPS) is 28.3. The zero-order valence-corrected chi connectivity index (χ0v) is 19.3. The Morgan fingerprint density at radius 1 is 1.09 bits per heavy atom. The first-order valence-corrected chi connectivity index (χ1v) is 12.3. The van der Waals surface area contributed by atoms with Crippen LogP contribution >= 0.6 is 0 Å². The number of nitrogens with one attached hydrogen (secondary N) is 2. The molecule has 0 aliphatic heterocycles. The van der Waals surface area contributed by atoms with Gasteiger partial charge in [-0.2, -0.15) is 5.10 Å². The minimum Gasteiger partial charge on any atom is -0.484 e. The van der Waals surface area contributed by atoms with E-state index in [9.17, 15) is 9.59 Å². The summed E-state index contributed by atoms with van der Waals surface area (Å²) >= 11 is 0. The van der Waals surface area contributed by atoms with Crippen LogP contribution in [0.2, 0.25) is 0 Å². The molecular weight excluding hydrogens is 416 g/mol. The van der Waals surface area contributed by atoms with E-state index < -0.39 is 0 Å². The first kappa shape index (κ1) is 22.0. The van der Waals surface area contributed by atoms with E-state index in [-0.39, 0.29) is 31.0 Å². The summed E-state index contributed by atoms with van der Waals surface area (Å²) in [4.78, 5) is 25.0. The molecular formula is C26H34N4O3. The standard InChI is InChI=1S/C26H34N4O3/c1-2-23(26-11-18-8-19(12-26)10-20(9-18)13-26)29-24(31)16-30-15-21(14-27-30)28-25(32)17-33-22-6-4-3-5-7-22/h3-7,14-15,18-20,23H,2,8-13,16-17H2,1H3,(H,28,32)(H,29,31)/t18?,19?,20?,23-,26?/m0/s1. The summed E-state index contributed by atoms with van der Waals surface area (Å²) in [7, 11) is 0. The van der Waals surface area contributed by atoms with Crippen molar-refractivity contribution in [3.05, 3.63) is 42.7 Å². The van der Waals surface area contributed by atoms with Gasteiger partial charge in [0.25, 0.3) is 5.91 Å². The lowest BCUT2D eigenvalue weighted by molar-refractivity contribution is -0.127. The van der Waals surface area contributed by atoms with Crippen LogP contribution in [0.15, 0.2) is 42.7 Å². The van der Waals surface area contributed by atoms with Gasteiger partial charge in [-0.3, -0.25) is 14.3 Å². The first-order valence-electron chi connectivity index (χ1n) is 12.3. The van der Waals surface area contributed by atoms with E-state index >= 15 is 0 Å². The van der Waals surface area contributed by atoms with Crippen LogP contribution in [0.1, 0.15) is 51.9 Å². The van der Waals surface area contributed by atoms with Crippen LogP contribution in [-0.2, 0) is 16.1 Å². The summed E-state index contributed by atoms with van der Waals surface area (Å²) in [5, 5.41) is 10.4. The van der Waals surface area contributed by atoms with Crippen molar-refractivity contribution in [1.29, 1.82) is 0 Å². The zero-order valence-electron chi connectivity index (χ0n) is 19.3. The lowest BCUT2D eigenvalue weighted by atomic mass is 9.47. The molecule has 1 aromatic heterocycles. The molecule has 4 aliphatic rings. The van der Waals surface area contributed by atoms with Gasteiger partial charge in [0.05, 0.1) is 11.9 Å². The minimum absolute atomic E-state index is 0.00835. The predicted octanol–water partition coefficient (Wildman–Crippen LogP) is 4.01. The Balaban J connectivity index is 1.13. The van der Waals surface area contributed by atoms with Crippen LogP contribution < -0.4 is 15.4 Å². The number of aromatic nitrogens is 2. The molecule has 0 saturated heterocycles. The highest BCUT2D eigenvalue weighted by Crippen LogP contribution is 2.61. The Morgan fingerprint density at radius 2 is 1.76 bits per heavy atom. The maximum absolute atomic E-state index is 12.9. The second-order valence-electron chi connectivity index (χ2n) is 10.4. The van der Waals surface area contributed by atoms with Crippen molar-refractivity contribution >= 4 is 17.5 Å². The highest BCUT2D eigenvalue weighted by atomic mass is 16.5. The molecule has 1 aromatic carbocycles. The Bertz CT molecular complexity index is 951. The predicted molar refractivity (Wildman–Crippen MR) is 126 cm³/mol. The quantitative estimate of drug-likeness (QED) is 0.604. The van der Waals surface area contributed by atoms with Crippen molar-refractivity contribution < 1.29 is 14.3 Å². The van der Waals surface area contributed by atoms with Gasteiger partial charge >= 0.3 is 0 Å². The second kappa shape index (κ2) is 9.20. The van der Waals surface area contributed by atoms with E-state index in [0.717, 1.165) is 24.2 Å². The zero-order chi connectivity index (χ0) is 22.8. The largest absolute Gasteiger partial charge is 0.484 e. The van der Waals surface area contributed by atoms with Crippen molar-refractivity contribution in [2.75, 3.05) is 11.9 Å². The molecule has 7 nitrogen and oxygen atoms in total. The molecule has 0 spiro atoms. The van der Waals surface area contributed by atoms with Crippen LogP contribution in [0.25, 0.3) is 0 Å². The van der Waals surface area contributed by atoms with Gasteiger partial charge in [-0.25, -0.2) is 0 Å². The lowest BCUT2D eigenvalue weighted by Crippen LogP contribution is -2.57. The van der Waals surface area contributed by atoms with Crippen LogP contribution in [0.3, 0.4) is 0 Å². The fourth-order valence-corrected chi connectivity index (χ4v) is 7.06. The first-order chi connectivity index (χ1) is 16.0. The minimum atomic E-state index is -0.268. The Hall–Kier alpha value is -2.83. The molecule has 0 unspecified atom stereocenters. The molecule has 2 aromatic rings. The van der Waals surface area contributed by atoms with Gasteiger partial charge < -0.3 is 15.4 Å². The van der Waals surface area contributed by atoms with Crippen molar-refractivity contribution in [2.24, 2.45) is 23.2 Å². The summed E-state index contributed by atoms with van der Waals surface area (Å²) in [5.41, 5.74) is 0.846. The molecule has 4 bridgehead atoms. The molecule has 4 saturated carbocycles. The lowest BCUT2D eigenvalue weighted by Gasteiger charge is -2.59. The molecule has 4 fully saturated rings. The van der Waals surface area contributed by atoms with E-state index in [4.69, 9.17) is 4.74 Å². The second-order valence-corrected chi connectivity index (χ2v) is 10.4. The maximum atomic E-state index is 12.9. The molecule has 7 heteroatoms. The SMILES string of the molecule is CC[C@H](NC(=O)Cn1cc(NC(=O)COc2ccccc2)cn1)C12CC3CC(CC(C3)C1)C2. The van der Waals surface area contributed by atoms with Gasteiger partial charge in [0, 0.05) is 12.2 Å². The molecule has 4 aliphatic carbocycles. The molecule has 0 radical (unpaired) electrons. The van der Waals surface area contributed by atoms with Crippen LogP contribution in [0.5, 0.6) is 5.75 Å². The third-order valence-electron chi connectivity index (χ3n) is 7.90. The maximum Gasteiger partial charge on any atom is 0.262 e. The summed E-state index contributed by atoms with van der Waals surface area (Å²) < 4.78 is 7.04. The Labute approximate surface area is 195 Å². The number of ether oxygens (including phenoxy) is 1. The number of hydrogen-bond donors (Lipinski definition) is 2. The number of anilines is 1. The molecule has 1 heterocycles. The van der Waals surface area contributed by atoms with Gasteiger partial charge in [0.2, 0.25) is 5.91 Å². The Morgan fingerprint density at radius 3 is 2.39 bits per heavy atom. The fraction of sp³-hybridized carbons (Fsp3) is 0.577. The molecule has 6 rings (SSSR count). The molecule has 2 amide bonds. The molecule has 2 N–H and O–H groups in total. The number of nitrogens with zero attached hydrogens (tertiary/aromatic N) is 2. The molecule has 1 atom stereocenters. The highest BCUT2D eigenvalue weighted by Gasteiger charge is 2.53. The number of carbonyl (C=O) groups is 2. The average molecular weight is 451 g/mol. The number of carbonyl (C=O) groups excluding carboxylic acids is 2. The van der Waals surface area contributed by atoms with Crippen LogP contribution in [0, 0.1) is 23.2 Å². The summed E-state index contributed by atoms with van der Waals surface area (Å²) in [5.74, 6) is 2.97. The monoisotopic (exact) mass is 450 g/mol. The van der Waals surface area contributed by atoms with Gasteiger partial charge in [-0.15, -0.1) is 0 Å². The smallest absolute Gasteiger partial charge is 0.262 e. The van der Waals surface area contributed by atoms with Crippen LogP contribution in [0.4, 0.5) is 5.69 Å². The number of amides is 2. The third-order valence-corrected chi connectivity index (χ3v) is 7.90. The fourth-order valence-electron chi connectivity index (χ4n) is 7.06. The van der Waals surface area contributed by atoms with E-state index in [1.165, 1.54) is 38.5 Å². The summed E-state index contributed by atoms with van der Waals surface area (Å²) in [6, 6.07) is 9.45.